The molecule has 3 rings (SSSR count). The number of amides is 5. The number of carbonyl (C=O) groups is 5. The highest BCUT2D eigenvalue weighted by molar-refractivity contribution is 6.23. The van der Waals surface area contributed by atoms with Crippen LogP contribution in [-0.2, 0) is 14.3 Å². The highest BCUT2D eigenvalue weighted by atomic mass is 16.6. The predicted octanol–water partition coefficient (Wildman–Crippen LogP) is 3.28. The van der Waals surface area contributed by atoms with Crippen LogP contribution in [0.25, 0.3) is 0 Å². The average Bonchev–Trinajstić information content (AvgIpc) is 3.04. The second kappa shape index (κ2) is 11.5. The van der Waals surface area contributed by atoms with Crippen LogP contribution in [0.3, 0.4) is 0 Å². The second-order valence-electron chi connectivity index (χ2n) is 10.2. The lowest BCUT2D eigenvalue weighted by atomic mass is 10.0. The van der Waals surface area contributed by atoms with E-state index < -0.39 is 35.3 Å². The van der Waals surface area contributed by atoms with E-state index in [0.29, 0.717) is 18.9 Å². The minimum absolute atomic E-state index is 0.0820. The third-order valence-corrected chi connectivity index (χ3v) is 6.02. The van der Waals surface area contributed by atoms with Gasteiger partial charge in [0.15, 0.2) is 0 Å². The molecule has 1 fully saturated rings. The minimum atomic E-state index is -0.983. The van der Waals surface area contributed by atoms with Crippen molar-refractivity contribution in [3.63, 3.8) is 0 Å². The zero-order valence-electron chi connectivity index (χ0n) is 21.4. The number of ether oxygens (including phenoxy) is 2. The van der Waals surface area contributed by atoms with Gasteiger partial charge in [-0.1, -0.05) is 19.3 Å². The first kappa shape index (κ1) is 27.2. The molecule has 0 radical (unpaired) electrons. The molecule has 0 aliphatic carbocycles. The maximum atomic E-state index is 12.9. The van der Waals surface area contributed by atoms with E-state index in [-0.39, 0.29) is 30.1 Å². The Bertz CT molecular complexity index is 1030. The molecule has 10 nitrogen and oxygen atoms in total. The number of nitrogens with zero attached hydrogens (tertiary/aromatic N) is 2. The van der Waals surface area contributed by atoms with Gasteiger partial charge >= 0.3 is 6.09 Å². The summed E-state index contributed by atoms with van der Waals surface area (Å²) in [5, 5.41) is 2.18. The fourth-order valence-electron chi connectivity index (χ4n) is 4.14. The van der Waals surface area contributed by atoms with Crippen molar-refractivity contribution in [3.05, 3.63) is 29.3 Å². The quantitative estimate of drug-likeness (QED) is 0.386. The summed E-state index contributed by atoms with van der Waals surface area (Å²) < 4.78 is 11.1. The first-order chi connectivity index (χ1) is 17.0. The number of hydrogen-bond donors (Lipinski definition) is 1. The number of rotatable bonds is 10. The Labute approximate surface area is 211 Å². The first-order valence-corrected chi connectivity index (χ1v) is 12.4. The minimum Gasteiger partial charge on any atom is -0.494 e. The Morgan fingerprint density at radius 3 is 2.39 bits per heavy atom. The van der Waals surface area contributed by atoms with Crippen molar-refractivity contribution < 1.29 is 33.4 Å². The van der Waals surface area contributed by atoms with Gasteiger partial charge in [-0.05, 0) is 58.2 Å². The SMILES string of the molecule is CN(CCCCCCCOc1ccc2c(c1)C(=O)N(C1CCC(=O)NC1=O)C2=O)C(=O)OC(C)(C)C. The van der Waals surface area contributed by atoms with Gasteiger partial charge in [0, 0.05) is 20.0 Å². The van der Waals surface area contributed by atoms with E-state index in [9.17, 15) is 24.0 Å². The van der Waals surface area contributed by atoms with Crippen LogP contribution in [0.15, 0.2) is 18.2 Å². The van der Waals surface area contributed by atoms with Crippen LogP contribution in [0.5, 0.6) is 5.75 Å². The van der Waals surface area contributed by atoms with Crippen LogP contribution in [0.4, 0.5) is 4.79 Å². The average molecular weight is 502 g/mol. The van der Waals surface area contributed by atoms with Crippen LogP contribution in [0.1, 0.15) is 86.4 Å². The van der Waals surface area contributed by atoms with Gasteiger partial charge in [-0.3, -0.25) is 29.4 Å². The fourth-order valence-corrected chi connectivity index (χ4v) is 4.14. The number of nitrogens with one attached hydrogen (secondary N) is 1. The Balaban J connectivity index is 1.38. The highest BCUT2D eigenvalue weighted by Gasteiger charge is 2.44. The molecule has 1 unspecified atom stereocenters. The topological polar surface area (TPSA) is 122 Å². The van der Waals surface area contributed by atoms with Crippen molar-refractivity contribution >= 4 is 29.7 Å². The zero-order chi connectivity index (χ0) is 26.5. The smallest absolute Gasteiger partial charge is 0.410 e. The molecule has 10 heteroatoms. The Kier molecular flexibility index (Phi) is 8.70. The molecule has 1 saturated heterocycles. The summed E-state index contributed by atoms with van der Waals surface area (Å²) in [5.41, 5.74) is -0.0652. The van der Waals surface area contributed by atoms with E-state index in [2.05, 4.69) is 5.32 Å². The van der Waals surface area contributed by atoms with Crippen molar-refractivity contribution in [2.24, 2.45) is 0 Å². The summed E-state index contributed by atoms with van der Waals surface area (Å²) in [6.45, 7) is 6.64. The monoisotopic (exact) mass is 501 g/mol. The molecule has 1 aromatic carbocycles. The number of piperidine rings is 1. The van der Waals surface area contributed by atoms with Crippen molar-refractivity contribution in [1.82, 2.24) is 15.1 Å². The maximum Gasteiger partial charge on any atom is 0.410 e. The zero-order valence-corrected chi connectivity index (χ0v) is 21.4. The van der Waals surface area contributed by atoms with Gasteiger partial charge in [-0.2, -0.15) is 0 Å². The van der Waals surface area contributed by atoms with E-state index in [4.69, 9.17) is 9.47 Å². The van der Waals surface area contributed by atoms with Crippen LogP contribution in [0.2, 0.25) is 0 Å². The normalized spacial score (nSPS) is 17.7. The van der Waals surface area contributed by atoms with Crippen LogP contribution in [0, 0.1) is 0 Å². The van der Waals surface area contributed by atoms with Crippen LogP contribution >= 0.6 is 0 Å². The molecule has 0 bridgehead atoms. The summed E-state index contributed by atoms with van der Waals surface area (Å²) in [6.07, 6.45) is 4.56. The number of unbranched alkanes of at least 4 members (excludes halogenated alkanes) is 4. The van der Waals surface area contributed by atoms with E-state index in [1.54, 1.807) is 18.0 Å². The third-order valence-electron chi connectivity index (χ3n) is 6.02. The molecule has 0 saturated carbocycles. The molecule has 36 heavy (non-hydrogen) atoms. The molecule has 1 atom stereocenters. The fraction of sp³-hybridized carbons (Fsp3) is 0.577. The van der Waals surface area contributed by atoms with Crippen LogP contribution < -0.4 is 10.1 Å². The number of imide groups is 2. The Morgan fingerprint density at radius 2 is 1.69 bits per heavy atom. The molecule has 2 aliphatic heterocycles. The number of hydrogen-bond acceptors (Lipinski definition) is 7. The molecule has 1 N–H and O–H groups in total. The van der Waals surface area contributed by atoms with Gasteiger partial charge in [-0.15, -0.1) is 0 Å². The summed E-state index contributed by atoms with van der Waals surface area (Å²) >= 11 is 0. The lowest BCUT2D eigenvalue weighted by Gasteiger charge is -2.27. The van der Waals surface area contributed by atoms with Gasteiger partial charge in [0.2, 0.25) is 11.8 Å². The summed E-state index contributed by atoms with van der Waals surface area (Å²) in [7, 11) is 1.74. The van der Waals surface area contributed by atoms with E-state index in [0.717, 1.165) is 37.0 Å². The summed E-state index contributed by atoms with van der Waals surface area (Å²) in [6, 6.07) is 3.74. The van der Waals surface area contributed by atoms with Gasteiger partial charge < -0.3 is 14.4 Å². The lowest BCUT2D eigenvalue weighted by Crippen LogP contribution is -2.54. The lowest BCUT2D eigenvalue weighted by molar-refractivity contribution is -0.136. The molecule has 0 spiro atoms. The maximum absolute atomic E-state index is 12.9. The third kappa shape index (κ3) is 6.83. The predicted molar refractivity (Wildman–Crippen MR) is 131 cm³/mol. The molecule has 2 aliphatic rings. The molecule has 0 aromatic heterocycles. The van der Waals surface area contributed by atoms with Crippen LogP contribution in [-0.4, -0.2) is 71.4 Å². The van der Waals surface area contributed by atoms with E-state index >= 15 is 0 Å². The standard InChI is InChI=1S/C26H35N3O7/c1-26(2,3)36-25(34)28(4)14-8-6-5-7-9-15-35-17-10-11-18-19(16-17)24(33)29(23(18)32)20-12-13-21(30)27-22(20)31/h10-11,16,20H,5-9,12-15H2,1-4H3,(H,27,30,31). The number of benzene rings is 1. The van der Waals surface area contributed by atoms with Gasteiger partial charge in [-0.25, -0.2) is 4.79 Å². The van der Waals surface area contributed by atoms with Crippen molar-refractivity contribution in [1.29, 1.82) is 0 Å². The van der Waals surface area contributed by atoms with Crippen molar-refractivity contribution in [2.45, 2.75) is 77.4 Å². The highest BCUT2D eigenvalue weighted by Crippen LogP contribution is 2.30. The molecule has 196 valence electrons. The Morgan fingerprint density at radius 1 is 1.03 bits per heavy atom. The molecular weight excluding hydrogens is 466 g/mol. The summed E-state index contributed by atoms with van der Waals surface area (Å²) in [5.74, 6) is -1.64. The Hall–Kier alpha value is -3.43. The molecule has 5 amide bonds. The first-order valence-electron chi connectivity index (χ1n) is 12.4. The largest absolute Gasteiger partial charge is 0.494 e. The second-order valence-corrected chi connectivity index (χ2v) is 10.2. The number of fused-ring (bicyclic) bond motifs is 1. The van der Waals surface area contributed by atoms with E-state index in [1.165, 1.54) is 12.1 Å². The molecule has 2 heterocycles. The molecule has 1 aromatic rings. The van der Waals surface area contributed by atoms with Gasteiger partial charge in [0.05, 0.1) is 17.7 Å². The van der Waals surface area contributed by atoms with Gasteiger partial charge in [0.1, 0.15) is 17.4 Å². The van der Waals surface area contributed by atoms with E-state index in [1.807, 2.05) is 20.8 Å². The number of carbonyl (C=O) groups excluding carboxylic acids is 5. The van der Waals surface area contributed by atoms with Crippen molar-refractivity contribution in [3.8, 4) is 5.75 Å². The summed E-state index contributed by atoms with van der Waals surface area (Å²) in [4.78, 5) is 63.6. The molecular formula is C26H35N3O7. The van der Waals surface area contributed by atoms with Crippen molar-refractivity contribution in [2.75, 3.05) is 20.2 Å². The van der Waals surface area contributed by atoms with Gasteiger partial charge in [0.25, 0.3) is 11.8 Å².